The molecule has 1 aromatic rings. The normalized spacial score (nSPS) is 30.8. The lowest BCUT2D eigenvalue weighted by atomic mass is 9.72. The Morgan fingerprint density at radius 2 is 2.24 bits per heavy atom. The number of anilines is 2. The maximum atomic E-state index is 13.2. The Kier molecular flexibility index (Phi) is 3.71. The van der Waals surface area contributed by atoms with Gasteiger partial charge in [0.1, 0.15) is 0 Å². The van der Waals surface area contributed by atoms with Crippen molar-refractivity contribution in [2.75, 3.05) is 43.9 Å². The molecule has 2 aliphatic rings. The average molecular weight is 295 g/mol. The Balaban J connectivity index is 1.83. The zero-order valence-corrected chi connectivity index (χ0v) is 12.3. The van der Waals surface area contributed by atoms with E-state index >= 15 is 0 Å². The topological polar surface area (TPSA) is 78.5 Å². The first-order valence-corrected chi connectivity index (χ1v) is 7.40. The molecule has 2 atom stereocenters. The molecule has 3 N–H and O–H groups in total. The smallest absolute Gasteiger partial charge is 0.227 e. The Morgan fingerprint density at radius 1 is 1.43 bits per heavy atom. The molecule has 116 valence electrons. The fourth-order valence-electron chi connectivity index (χ4n) is 3.63. The first-order chi connectivity index (χ1) is 10.00. The van der Waals surface area contributed by atoms with Crippen molar-refractivity contribution < 1.29 is 9.50 Å². The molecule has 6 nitrogen and oxygen atoms in total. The fraction of sp³-hybridized carbons (Fsp3) is 0.714. The molecule has 7 heteroatoms. The molecular weight excluding hydrogens is 273 g/mol. The van der Waals surface area contributed by atoms with Crippen LogP contribution in [0.25, 0.3) is 0 Å². The number of hydrogen-bond donors (Lipinski definition) is 2. The molecule has 0 amide bonds. The highest BCUT2D eigenvalue weighted by atomic mass is 19.1. The van der Waals surface area contributed by atoms with E-state index in [1.54, 1.807) is 0 Å². The van der Waals surface area contributed by atoms with Crippen LogP contribution in [0.3, 0.4) is 0 Å². The number of nitrogen functional groups attached to an aromatic ring is 1. The number of rotatable bonds is 1. The van der Waals surface area contributed by atoms with Crippen LogP contribution in [-0.2, 0) is 0 Å². The molecule has 3 rings (SSSR count). The lowest BCUT2D eigenvalue weighted by Crippen LogP contribution is -2.58. The largest absolute Gasteiger partial charge is 0.392 e. The molecule has 1 spiro atoms. The molecule has 2 saturated heterocycles. The van der Waals surface area contributed by atoms with Crippen LogP contribution in [0, 0.1) is 11.2 Å². The fourth-order valence-corrected chi connectivity index (χ4v) is 3.63. The predicted octanol–water partition coefficient (Wildman–Crippen LogP) is 0.481. The molecule has 2 fully saturated rings. The summed E-state index contributed by atoms with van der Waals surface area (Å²) in [6, 6.07) is 0. The molecule has 0 aliphatic carbocycles. The van der Waals surface area contributed by atoms with E-state index in [1.807, 2.05) is 4.90 Å². The summed E-state index contributed by atoms with van der Waals surface area (Å²) in [6.45, 7) is 3.27. The van der Waals surface area contributed by atoms with Crippen molar-refractivity contribution in [3.8, 4) is 0 Å². The van der Waals surface area contributed by atoms with E-state index in [4.69, 9.17) is 5.73 Å². The van der Waals surface area contributed by atoms with E-state index in [9.17, 15) is 9.50 Å². The molecule has 0 bridgehead atoms. The maximum absolute atomic E-state index is 13.2. The van der Waals surface area contributed by atoms with E-state index in [1.165, 1.54) is 0 Å². The van der Waals surface area contributed by atoms with Gasteiger partial charge in [-0.25, -0.2) is 9.37 Å². The number of hydrogen-bond acceptors (Lipinski definition) is 6. The first-order valence-electron chi connectivity index (χ1n) is 7.40. The van der Waals surface area contributed by atoms with Gasteiger partial charge in [0.2, 0.25) is 5.95 Å². The van der Waals surface area contributed by atoms with Crippen LogP contribution in [0.5, 0.6) is 0 Å². The molecule has 0 aromatic carbocycles. The highest BCUT2D eigenvalue weighted by molar-refractivity contribution is 5.39. The van der Waals surface area contributed by atoms with E-state index in [2.05, 4.69) is 21.9 Å². The van der Waals surface area contributed by atoms with Crippen molar-refractivity contribution >= 4 is 11.8 Å². The van der Waals surface area contributed by atoms with Crippen molar-refractivity contribution in [1.29, 1.82) is 0 Å². The van der Waals surface area contributed by atoms with Crippen molar-refractivity contribution in [2.45, 2.75) is 25.4 Å². The van der Waals surface area contributed by atoms with Crippen molar-refractivity contribution in [3.05, 3.63) is 12.0 Å². The lowest BCUT2D eigenvalue weighted by Gasteiger charge is -2.50. The van der Waals surface area contributed by atoms with E-state index in [0.717, 1.165) is 45.1 Å². The standard InChI is InChI=1S/C14H22FN5O/c1-19-6-3-11(21)14(8-19)4-2-5-20(9-14)13-17-7-10(15)12(16)18-13/h7,11,21H,2-6,8-9H2,1H3,(H2,16,17,18)/t11-,14-/m0/s1. The average Bonchev–Trinajstić information content (AvgIpc) is 2.46. The number of nitrogens with zero attached hydrogens (tertiary/aromatic N) is 4. The van der Waals surface area contributed by atoms with Gasteiger partial charge in [-0.15, -0.1) is 0 Å². The molecule has 21 heavy (non-hydrogen) atoms. The monoisotopic (exact) mass is 295 g/mol. The van der Waals surface area contributed by atoms with Gasteiger partial charge in [0.05, 0.1) is 12.3 Å². The lowest BCUT2D eigenvalue weighted by molar-refractivity contribution is -0.0467. The summed E-state index contributed by atoms with van der Waals surface area (Å²) in [5.74, 6) is -0.266. The number of piperidine rings is 2. The Morgan fingerprint density at radius 3 is 3.00 bits per heavy atom. The quantitative estimate of drug-likeness (QED) is 0.784. The third kappa shape index (κ3) is 2.67. The minimum absolute atomic E-state index is 0.124. The summed E-state index contributed by atoms with van der Waals surface area (Å²) in [6.07, 6.45) is 3.55. The summed E-state index contributed by atoms with van der Waals surface area (Å²) in [7, 11) is 2.08. The van der Waals surface area contributed by atoms with Gasteiger partial charge < -0.3 is 20.6 Å². The summed E-state index contributed by atoms with van der Waals surface area (Å²) in [5, 5.41) is 10.5. The zero-order chi connectivity index (χ0) is 15.0. The van der Waals surface area contributed by atoms with E-state index in [-0.39, 0.29) is 17.3 Å². The van der Waals surface area contributed by atoms with Crippen LogP contribution in [0.1, 0.15) is 19.3 Å². The summed E-state index contributed by atoms with van der Waals surface area (Å²) >= 11 is 0. The Labute approximate surface area is 123 Å². The Hall–Kier alpha value is -1.47. The molecule has 0 unspecified atom stereocenters. The third-order valence-corrected chi connectivity index (χ3v) is 4.73. The van der Waals surface area contributed by atoms with Crippen LogP contribution < -0.4 is 10.6 Å². The Bertz CT molecular complexity index is 528. The van der Waals surface area contributed by atoms with Gasteiger partial charge in [-0.1, -0.05) is 0 Å². The second-order valence-corrected chi connectivity index (χ2v) is 6.33. The van der Waals surface area contributed by atoms with Crippen LogP contribution in [-0.4, -0.2) is 59.3 Å². The number of aliphatic hydroxyl groups is 1. The molecule has 1 aromatic heterocycles. The summed E-state index contributed by atoms with van der Waals surface area (Å²) < 4.78 is 13.2. The summed E-state index contributed by atoms with van der Waals surface area (Å²) in [5.41, 5.74) is 5.38. The van der Waals surface area contributed by atoms with Crippen LogP contribution in [0.15, 0.2) is 6.20 Å². The molecular formula is C14H22FN5O. The van der Waals surface area contributed by atoms with Crippen molar-refractivity contribution in [3.63, 3.8) is 0 Å². The summed E-state index contributed by atoms with van der Waals surface area (Å²) in [4.78, 5) is 12.4. The number of aliphatic hydroxyl groups excluding tert-OH is 1. The highest BCUT2D eigenvalue weighted by Crippen LogP contribution is 2.39. The van der Waals surface area contributed by atoms with Gasteiger partial charge >= 0.3 is 0 Å². The van der Waals surface area contributed by atoms with Crippen LogP contribution in [0.2, 0.25) is 0 Å². The minimum atomic E-state index is -0.595. The SMILES string of the molecule is CN1CC[C@H](O)[C@@]2(CCCN(c3ncc(F)c(N)n3)C2)C1. The van der Waals surface area contributed by atoms with Gasteiger partial charge in [0, 0.05) is 31.6 Å². The first kappa shape index (κ1) is 14.5. The van der Waals surface area contributed by atoms with Gasteiger partial charge in [-0.05, 0) is 26.3 Å². The zero-order valence-electron chi connectivity index (χ0n) is 12.3. The highest BCUT2D eigenvalue weighted by Gasteiger charge is 2.45. The number of halogens is 1. The minimum Gasteiger partial charge on any atom is -0.392 e. The van der Waals surface area contributed by atoms with Crippen molar-refractivity contribution in [1.82, 2.24) is 14.9 Å². The number of aromatic nitrogens is 2. The van der Waals surface area contributed by atoms with E-state index < -0.39 is 5.82 Å². The number of nitrogens with two attached hydrogens (primary N) is 1. The number of likely N-dealkylation sites (tertiary alicyclic amines) is 1. The predicted molar refractivity (Wildman–Crippen MR) is 78.4 cm³/mol. The molecule has 3 heterocycles. The maximum Gasteiger partial charge on any atom is 0.227 e. The van der Waals surface area contributed by atoms with E-state index in [0.29, 0.717) is 12.5 Å². The van der Waals surface area contributed by atoms with Gasteiger partial charge in [0.25, 0.3) is 0 Å². The second kappa shape index (κ2) is 5.38. The van der Waals surface area contributed by atoms with Gasteiger partial charge in [-0.3, -0.25) is 0 Å². The second-order valence-electron chi connectivity index (χ2n) is 6.33. The van der Waals surface area contributed by atoms with Crippen LogP contribution in [0.4, 0.5) is 16.2 Å². The molecule has 2 aliphatic heterocycles. The third-order valence-electron chi connectivity index (χ3n) is 4.73. The molecule has 0 saturated carbocycles. The van der Waals surface area contributed by atoms with Gasteiger partial charge in [0.15, 0.2) is 11.6 Å². The van der Waals surface area contributed by atoms with Crippen LogP contribution >= 0.6 is 0 Å². The molecule has 0 radical (unpaired) electrons. The van der Waals surface area contributed by atoms with Gasteiger partial charge in [-0.2, -0.15) is 4.98 Å². The van der Waals surface area contributed by atoms with Crippen molar-refractivity contribution in [2.24, 2.45) is 5.41 Å².